The topological polar surface area (TPSA) is 44.3 Å². The van der Waals surface area contributed by atoms with Gasteiger partial charge in [-0.05, 0) is 52.5 Å². The lowest BCUT2D eigenvalue weighted by molar-refractivity contribution is 0.177. The first-order chi connectivity index (χ1) is 6.97. The van der Waals surface area contributed by atoms with E-state index in [0.717, 1.165) is 32.5 Å². The lowest BCUT2D eigenvalue weighted by Gasteiger charge is -2.21. The van der Waals surface area contributed by atoms with E-state index in [-0.39, 0.29) is 11.6 Å². The molecule has 3 nitrogen and oxygen atoms in total. The van der Waals surface area contributed by atoms with Gasteiger partial charge in [-0.3, -0.25) is 0 Å². The van der Waals surface area contributed by atoms with Gasteiger partial charge >= 0.3 is 0 Å². The molecule has 1 fully saturated rings. The van der Waals surface area contributed by atoms with E-state index < -0.39 is 0 Å². The number of aliphatic hydroxyl groups is 1. The van der Waals surface area contributed by atoms with Crippen LogP contribution < -0.4 is 10.6 Å². The summed E-state index contributed by atoms with van der Waals surface area (Å²) in [4.78, 5) is 0. The third kappa shape index (κ3) is 6.13. The largest absolute Gasteiger partial charge is 0.393 e. The summed E-state index contributed by atoms with van der Waals surface area (Å²) in [6, 6.07) is 0. The number of hydrogen-bond donors (Lipinski definition) is 3. The SMILES string of the molecule is CC(C)(C)NCCNCC1CCC(O)C1. The Labute approximate surface area is 93.6 Å². The van der Waals surface area contributed by atoms with Crippen LogP contribution >= 0.6 is 0 Å². The summed E-state index contributed by atoms with van der Waals surface area (Å²) < 4.78 is 0. The quantitative estimate of drug-likeness (QED) is 0.601. The molecule has 15 heavy (non-hydrogen) atoms. The summed E-state index contributed by atoms with van der Waals surface area (Å²) in [5.41, 5.74) is 0.214. The molecule has 3 N–H and O–H groups in total. The molecule has 3 heteroatoms. The molecule has 0 saturated heterocycles. The molecular weight excluding hydrogens is 188 g/mol. The Morgan fingerprint density at radius 3 is 2.47 bits per heavy atom. The molecule has 0 radical (unpaired) electrons. The van der Waals surface area contributed by atoms with Gasteiger partial charge in [-0.1, -0.05) is 0 Å². The molecule has 2 unspecified atom stereocenters. The molecule has 1 aliphatic rings. The molecule has 1 rings (SSSR count). The van der Waals surface area contributed by atoms with Crippen molar-refractivity contribution in [3.63, 3.8) is 0 Å². The third-order valence-electron chi connectivity index (χ3n) is 2.90. The molecule has 90 valence electrons. The monoisotopic (exact) mass is 214 g/mol. The van der Waals surface area contributed by atoms with Gasteiger partial charge in [-0.25, -0.2) is 0 Å². The second kappa shape index (κ2) is 5.83. The summed E-state index contributed by atoms with van der Waals surface area (Å²) >= 11 is 0. The molecule has 0 spiro atoms. The average molecular weight is 214 g/mol. The van der Waals surface area contributed by atoms with E-state index in [0.29, 0.717) is 5.92 Å². The maximum Gasteiger partial charge on any atom is 0.0543 e. The third-order valence-corrected chi connectivity index (χ3v) is 2.90. The second-order valence-electron chi connectivity index (χ2n) is 5.71. The summed E-state index contributed by atoms with van der Waals surface area (Å²) in [5.74, 6) is 0.689. The zero-order valence-electron chi connectivity index (χ0n) is 10.3. The number of hydrogen-bond acceptors (Lipinski definition) is 3. The first kappa shape index (κ1) is 12.9. The summed E-state index contributed by atoms with van der Waals surface area (Å²) in [6.45, 7) is 9.63. The van der Waals surface area contributed by atoms with Gasteiger partial charge in [0.05, 0.1) is 6.10 Å². The van der Waals surface area contributed by atoms with Crippen molar-refractivity contribution < 1.29 is 5.11 Å². The predicted octanol–water partition coefficient (Wildman–Crippen LogP) is 1.13. The minimum atomic E-state index is -0.0375. The number of rotatable bonds is 5. The van der Waals surface area contributed by atoms with Crippen molar-refractivity contribution in [2.24, 2.45) is 5.92 Å². The lowest BCUT2D eigenvalue weighted by Crippen LogP contribution is -2.40. The zero-order chi connectivity index (χ0) is 11.3. The van der Waals surface area contributed by atoms with Crippen LogP contribution in [0.2, 0.25) is 0 Å². The predicted molar refractivity (Wildman–Crippen MR) is 64.0 cm³/mol. The molecular formula is C12H26N2O. The molecule has 0 heterocycles. The van der Waals surface area contributed by atoms with Crippen LogP contribution in [0.4, 0.5) is 0 Å². The maximum absolute atomic E-state index is 9.37. The molecule has 1 aliphatic carbocycles. The van der Waals surface area contributed by atoms with E-state index in [2.05, 4.69) is 31.4 Å². The van der Waals surface area contributed by atoms with Crippen LogP contribution in [0.25, 0.3) is 0 Å². The van der Waals surface area contributed by atoms with Crippen LogP contribution in [0, 0.1) is 5.92 Å². The van der Waals surface area contributed by atoms with E-state index in [1.165, 1.54) is 6.42 Å². The Kier molecular flexibility index (Phi) is 5.03. The summed E-state index contributed by atoms with van der Waals surface area (Å²) in [7, 11) is 0. The molecule has 0 bridgehead atoms. The Balaban J connectivity index is 1.93. The minimum Gasteiger partial charge on any atom is -0.393 e. The Bertz CT molecular complexity index is 177. The smallest absolute Gasteiger partial charge is 0.0543 e. The fourth-order valence-corrected chi connectivity index (χ4v) is 2.07. The van der Waals surface area contributed by atoms with Crippen LogP contribution in [0.15, 0.2) is 0 Å². The van der Waals surface area contributed by atoms with Crippen LogP contribution in [-0.4, -0.2) is 36.4 Å². The normalized spacial score (nSPS) is 27.2. The fraction of sp³-hybridized carbons (Fsp3) is 1.00. The van der Waals surface area contributed by atoms with Gasteiger partial charge in [0.1, 0.15) is 0 Å². The highest BCUT2D eigenvalue weighted by Crippen LogP contribution is 2.24. The highest BCUT2D eigenvalue weighted by molar-refractivity contribution is 4.76. The standard InChI is InChI=1S/C12H26N2O/c1-12(2,3)14-7-6-13-9-10-4-5-11(15)8-10/h10-11,13-15H,4-9H2,1-3H3. The molecule has 1 saturated carbocycles. The Morgan fingerprint density at radius 2 is 1.93 bits per heavy atom. The van der Waals surface area contributed by atoms with Crippen LogP contribution in [0.3, 0.4) is 0 Å². The Morgan fingerprint density at radius 1 is 1.20 bits per heavy atom. The van der Waals surface area contributed by atoms with Gasteiger partial charge in [0, 0.05) is 18.6 Å². The minimum absolute atomic E-state index is 0.0375. The van der Waals surface area contributed by atoms with Crippen molar-refractivity contribution in [2.75, 3.05) is 19.6 Å². The molecule has 0 aromatic carbocycles. The molecule has 0 amide bonds. The first-order valence-corrected chi connectivity index (χ1v) is 6.11. The van der Waals surface area contributed by atoms with E-state index in [1.807, 2.05) is 0 Å². The van der Waals surface area contributed by atoms with Crippen LogP contribution in [0.5, 0.6) is 0 Å². The van der Waals surface area contributed by atoms with E-state index in [9.17, 15) is 5.11 Å². The van der Waals surface area contributed by atoms with Crippen molar-refractivity contribution in [1.29, 1.82) is 0 Å². The fourth-order valence-electron chi connectivity index (χ4n) is 2.07. The van der Waals surface area contributed by atoms with Gasteiger partial charge in [0.2, 0.25) is 0 Å². The van der Waals surface area contributed by atoms with Gasteiger partial charge in [-0.15, -0.1) is 0 Å². The zero-order valence-corrected chi connectivity index (χ0v) is 10.3. The molecule has 0 aliphatic heterocycles. The van der Waals surface area contributed by atoms with Gasteiger partial charge in [0.25, 0.3) is 0 Å². The van der Waals surface area contributed by atoms with Crippen molar-refractivity contribution in [1.82, 2.24) is 10.6 Å². The van der Waals surface area contributed by atoms with Gasteiger partial charge < -0.3 is 15.7 Å². The average Bonchev–Trinajstić information content (AvgIpc) is 2.49. The van der Waals surface area contributed by atoms with E-state index in [4.69, 9.17) is 0 Å². The van der Waals surface area contributed by atoms with Crippen molar-refractivity contribution in [3.05, 3.63) is 0 Å². The molecule has 0 aromatic rings. The van der Waals surface area contributed by atoms with Crippen LogP contribution in [-0.2, 0) is 0 Å². The highest BCUT2D eigenvalue weighted by Gasteiger charge is 2.21. The maximum atomic E-state index is 9.37. The first-order valence-electron chi connectivity index (χ1n) is 6.11. The lowest BCUT2D eigenvalue weighted by atomic mass is 10.1. The molecule has 2 atom stereocenters. The van der Waals surface area contributed by atoms with Crippen LogP contribution in [0.1, 0.15) is 40.0 Å². The summed E-state index contributed by atoms with van der Waals surface area (Å²) in [5, 5.41) is 16.3. The van der Waals surface area contributed by atoms with Gasteiger partial charge in [0.15, 0.2) is 0 Å². The van der Waals surface area contributed by atoms with Crippen molar-refractivity contribution in [2.45, 2.75) is 51.7 Å². The van der Waals surface area contributed by atoms with E-state index in [1.54, 1.807) is 0 Å². The Hall–Kier alpha value is -0.120. The second-order valence-corrected chi connectivity index (χ2v) is 5.71. The van der Waals surface area contributed by atoms with E-state index >= 15 is 0 Å². The molecule has 0 aromatic heterocycles. The highest BCUT2D eigenvalue weighted by atomic mass is 16.3. The van der Waals surface area contributed by atoms with Crippen molar-refractivity contribution >= 4 is 0 Å². The van der Waals surface area contributed by atoms with Gasteiger partial charge in [-0.2, -0.15) is 0 Å². The number of aliphatic hydroxyl groups excluding tert-OH is 1. The van der Waals surface area contributed by atoms with Crippen molar-refractivity contribution in [3.8, 4) is 0 Å². The summed E-state index contributed by atoms with van der Waals surface area (Å²) in [6.07, 6.45) is 3.12. The number of nitrogens with one attached hydrogen (secondary N) is 2.